The first-order chi connectivity index (χ1) is 9.72. The summed E-state index contributed by atoms with van der Waals surface area (Å²) < 4.78 is 1.95. The van der Waals surface area contributed by atoms with Crippen LogP contribution in [0.4, 0.5) is 0 Å². The van der Waals surface area contributed by atoms with Gasteiger partial charge in [-0.3, -0.25) is 4.57 Å². The normalized spacial score (nSPS) is 11.7. The molecule has 0 fully saturated rings. The number of hydrogen-bond donors (Lipinski definition) is 0. The second-order valence-corrected chi connectivity index (χ2v) is 5.72. The standard InChI is InChI=1S/C15H20N4S/c1-4-11-20-14-8-6-5-7-13(14)15(17-18(2)3)19-10-9-16-12-19/h5-10,12H,4,11H2,1-3H3. The Morgan fingerprint density at radius 1 is 1.35 bits per heavy atom. The smallest absolute Gasteiger partial charge is 0.166 e. The van der Waals surface area contributed by atoms with Crippen LogP contribution in [0.1, 0.15) is 18.9 Å². The summed E-state index contributed by atoms with van der Waals surface area (Å²) >= 11 is 1.87. The monoisotopic (exact) mass is 288 g/mol. The van der Waals surface area contributed by atoms with Gasteiger partial charge in [0.1, 0.15) is 6.33 Å². The molecule has 0 amide bonds. The lowest BCUT2D eigenvalue weighted by Crippen LogP contribution is -2.18. The van der Waals surface area contributed by atoms with Crippen molar-refractivity contribution in [1.29, 1.82) is 0 Å². The molecule has 4 nitrogen and oxygen atoms in total. The van der Waals surface area contributed by atoms with E-state index < -0.39 is 0 Å². The van der Waals surface area contributed by atoms with Crippen LogP contribution in [0.2, 0.25) is 0 Å². The van der Waals surface area contributed by atoms with Gasteiger partial charge in [0.15, 0.2) is 5.84 Å². The lowest BCUT2D eigenvalue weighted by Gasteiger charge is -2.14. The maximum Gasteiger partial charge on any atom is 0.166 e. The van der Waals surface area contributed by atoms with Gasteiger partial charge in [0, 0.05) is 36.9 Å². The molecule has 0 spiro atoms. The first kappa shape index (κ1) is 14.7. The Bertz CT molecular complexity index is 561. The third kappa shape index (κ3) is 3.63. The highest BCUT2D eigenvalue weighted by Gasteiger charge is 2.11. The highest BCUT2D eigenvalue weighted by Crippen LogP contribution is 2.24. The van der Waals surface area contributed by atoms with E-state index >= 15 is 0 Å². The number of hydrogen-bond acceptors (Lipinski definition) is 4. The van der Waals surface area contributed by atoms with E-state index in [2.05, 4.69) is 35.2 Å². The number of aromatic nitrogens is 2. The molecule has 1 aromatic carbocycles. The van der Waals surface area contributed by atoms with Gasteiger partial charge in [0.2, 0.25) is 0 Å². The van der Waals surface area contributed by atoms with Crippen molar-refractivity contribution in [2.24, 2.45) is 5.10 Å². The summed E-state index contributed by atoms with van der Waals surface area (Å²) in [5.74, 6) is 2.00. The fraction of sp³-hybridized carbons (Fsp3) is 0.333. The molecule has 0 saturated carbocycles. The first-order valence-corrected chi connectivity index (χ1v) is 7.67. The molecule has 0 atom stereocenters. The highest BCUT2D eigenvalue weighted by atomic mass is 32.2. The summed E-state index contributed by atoms with van der Waals surface area (Å²) in [7, 11) is 3.86. The average Bonchev–Trinajstić information content (AvgIpc) is 2.97. The van der Waals surface area contributed by atoms with E-state index in [1.807, 2.05) is 47.7 Å². The topological polar surface area (TPSA) is 33.4 Å². The average molecular weight is 288 g/mol. The van der Waals surface area contributed by atoms with E-state index in [4.69, 9.17) is 0 Å². The van der Waals surface area contributed by atoms with Crippen molar-refractivity contribution in [1.82, 2.24) is 14.6 Å². The maximum absolute atomic E-state index is 4.62. The molecular weight excluding hydrogens is 268 g/mol. The van der Waals surface area contributed by atoms with E-state index in [0.29, 0.717) is 0 Å². The van der Waals surface area contributed by atoms with Crippen LogP contribution in [-0.4, -0.2) is 40.2 Å². The maximum atomic E-state index is 4.62. The van der Waals surface area contributed by atoms with Crippen LogP contribution >= 0.6 is 11.8 Å². The van der Waals surface area contributed by atoms with Gasteiger partial charge in [-0.25, -0.2) is 4.98 Å². The van der Waals surface area contributed by atoms with Crippen LogP contribution in [0.3, 0.4) is 0 Å². The molecule has 2 rings (SSSR count). The molecule has 20 heavy (non-hydrogen) atoms. The Morgan fingerprint density at radius 3 is 2.80 bits per heavy atom. The summed E-state index contributed by atoms with van der Waals surface area (Å²) in [6.45, 7) is 2.19. The van der Waals surface area contributed by atoms with Crippen molar-refractivity contribution in [3.8, 4) is 0 Å². The summed E-state index contributed by atoms with van der Waals surface area (Å²) in [4.78, 5) is 5.38. The fourth-order valence-electron chi connectivity index (χ4n) is 1.81. The van der Waals surface area contributed by atoms with Crippen LogP contribution < -0.4 is 0 Å². The third-order valence-corrected chi connectivity index (χ3v) is 3.91. The largest absolute Gasteiger partial charge is 0.301 e. The van der Waals surface area contributed by atoms with Crippen molar-refractivity contribution in [3.05, 3.63) is 48.5 Å². The van der Waals surface area contributed by atoms with Crippen LogP contribution in [-0.2, 0) is 0 Å². The number of hydrazone groups is 1. The van der Waals surface area contributed by atoms with Crippen molar-refractivity contribution >= 4 is 17.6 Å². The van der Waals surface area contributed by atoms with Gasteiger partial charge in [0.25, 0.3) is 0 Å². The molecule has 1 aromatic heterocycles. The molecule has 0 aliphatic carbocycles. The lowest BCUT2D eigenvalue weighted by atomic mass is 10.2. The Balaban J connectivity index is 2.44. The fourth-order valence-corrected chi connectivity index (χ4v) is 2.72. The first-order valence-electron chi connectivity index (χ1n) is 6.69. The number of nitrogens with zero attached hydrogens (tertiary/aromatic N) is 4. The van der Waals surface area contributed by atoms with Gasteiger partial charge in [0.05, 0.1) is 0 Å². The minimum atomic E-state index is 0.895. The molecule has 5 heteroatoms. The second-order valence-electron chi connectivity index (χ2n) is 4.59. The zero-order chi connectivity index (χ0) is 14.4. The van der Waals surface area contributed by atoms with Gasteiger partial charge in [-0.15, -0.1) is 11.8 Å². The lowest BCUT2D eigenvalue weighted by molar-refractivity contribution is 0.435. The number of thioether (sulfide) groups is 1. The molecular formula is C15H20N4S. The predicted octanol–water partition coefficient (Wildman–Crippen LogP) is 3.16. The van der Waals surface area contributed by atoms with E-state index in [-0.39, 0.29) is 0 Å². The molecule has 106 valence electrons. The van der Waals surface area contributed by atoms with E-state index in [1.165, 1.54) is 4.90 Å². The highest BCUT2D eigenvalue weighted by molar-refractivity contribution is 7.99. The zero-order valence-corrected chi connectivity index (χ0v) is 13.0. The second kappa shape index (κ2) is 7.14. The zero-order valence-electron chi connectivity index (χ0n) is 12.2. The SMILES string of the molecule is CCCSc1ccccc1C(=NN(C)C)n1ccnc1. The predicted molar refractivity (Wildman–Crippen MR) is 85.3 cm³/mol. The number of benzene rings is 1. The Hall–Kier alpha value is -1.75. The van der Waals surface area contributed by atoms with Crippen molar-refractivity contribution in [3.63, 3.8) is 0 Å². The van der Waals surface area contributed by atoms with Gasteiger partial charge in [-0.2, -0.15) is 5.10 Å². The summed E-state index contributed by atoms with van der Waals surface area (Å²) in [5, 5.41) is 6.43. The molecule has 0 aliphatic rings. The van der Waals surface area contributed by atoms with Gasteiger partial charge in [-0.05, 0) is 18.2 Å². The summed E-state index contributed by atoms with van der Waals surface area (Å²) in [6.07, 6.45) is 6.63. The van der Waals surface area contributed by atoms with Crippen molar-refractivity contribution in [2.75, 3.05) is 19.8 Å². The Labute approximate surface area is 124 Å². The number of imidazole rings is 1. The minimum Gasteiger partial charge on any atom is -0.301 e. The van der Waals surface area contributed by atoms with Crippen LogP contribution in [0.15, 0.2) is 53.0 Å². The van der Waals surface area contributed by atoms with E-state index in [1.54, 1.807) is 12.5 Å². The van der Waals surface area contributed by atoms with Crippen molar-refractivity contribution < 1.29 is 0 Å². The molecule has 0 N–H and O–H groups in total. The minimum absolute atomic E-state index is 0.895. The third-order valence-electron chi connectivity index (χ3n) is 2.63. The van der Waals surface area contributed by atoms with E-state index in [0.717, 1.165) is 23.6 Å². The van der Waals surface area contributed by atoms with Gasteiger partial charge >= 0.3 is 0 Å². The van der Waals surface area contributed by atoms with Crippen LogP contribution in [0.25, 0.3) is 0 Å². The molecule has 2 aromatic rings. The molecule has 0 aliphatic heterocycles. The molecule has 0 radical (unpaired) electrons. The Morgan fingerprint density at radius 2 is 2.15 bits per heavy atom. The summed E-state index contributed by atoms with van der Waals surface area (Å²) in [6, 6.07) is 8.38. The number of rotatable bonds is 5. The van der Waals surface area contributed by atoms with Crippen LogP contribution in [0, 0.1) is 0 Å². The van der Waals surface area contributed by atoms with Gasteiger partial charge in [-0.1, -0.05) is 25.1 Å². The molecule has 0 bridgehead atoms. The summed E-state index contributed by atoms with van der Waals surface area (Å²) in [5.41, 5.74) is 1.14. The molecule has 1 heterocycles. The van der Waals surface area contributed by atoms with Crippen LogP contribution in [0.5, 0.6) is 0 Å². The van der Waals surface area contributed by atoms with Crippen molar-refractivity contribution in [2.45, 2.75) is 18.2 Å². The Kier molecular flexibility index (Phi) is 5.24. The quantitative estimate of drug-likeness (QED) is 0.367. The molecule has 0 unspecified atom stereocenters. The van der Waals surface area contributed by atoms with Gasteiger partial charge < -0.3 is 5.01 Å². The molecule has 0 saturated heterocycles. The van der Waals surface area contributed by atoms with E-state index in [9.17, 15) is 0 Å².